The molecule has 0 bridgehead atoms. The van der Waals surface area contributed by atoms with Gasteiger partial charge >= 0.3 is 0 Å². The molecule has 3 nitrogen and oxygen atoms in total. The molecule has 1 aromatic heterocycles. The molecule has 19 heavy (non-hydrogen) atoms. The molecule has 0 spiro atoms. The second-order valence-electron chi connectivity index (χ2n) is 4.70. The zero-order chi connectivity index (χ0) is 14.0. The van der Waals surface area contributed by atoms with Gasteiger partial charge in [-0.25, -0.2) is 9.37 Å². The van der Waals surface area contributed by atoms with E-state index in [9.17, 15) is 4.39 Å². The van der Waals surface area contributed by atoms with Gasteiger partial charge in [-0.15, -0.1) is 0 Å². The van der Waals surface area contributed by atoms with Crippen LogP contribution in [0.15, 0.2) is 30.5 Å². The molecule has 0 aliphatic carbocycles. The highest BCUT2D eigenvalue weighted by Gasteiger charge is 2.13. The van der Waals surface area contributed by atoms with Gasteiger partial charge in [-0.05, 0) is 29.7 Å². The van der Waals surface area contributed by atoms with Gasteiger partial charge in [0.2, 0.25) is 5.88 Å². The van der Waals surface area contributed by atoms with Crippen LogP contribution in [0.25, 0.3) is 11.1 Å². The summed E-state index contributed by atoms with van der Waals surface area (Å²) in [6.07, 6.45) is 1.63. The summed E-state index contributed by atoms with van der Waals surface area (Å²) in [7, 11) is 1.55. The molecule has 0 saturated heterocycles. The topological polar surface area (TPSA) is 48.1 Å². The third kappa shape index (κ3) is 2.67. The molecule has 100 valence electrons. The Morgan fingerprint density at radius 2 is 2.00 bits per heavy atom. The van der Waals surface area contributed by atoms with Crippen molar-refractivity contribution in [1.82, 2.24) is 4.98 Å². The fourth-order valence-corrected chi connectivity index (χ4v) is 2.02. The maximum atomic E-state index is 13.7. The van der Waals surface area contributed by atoms with E-state index in [1.54, 1.807) is 19.4 Å². The summed E-state index contributed by atoms with van der Waals surface area (Å²) in [5, 5.41) is 0. The highest BCUT2D eigenvalue weighted by atomic mass is 19.1. The molecular formula is C15H17FN2O. The number of ether oxygens (including phenoxy) is 1. The van der Waals surface area contributed by atoms with Gasteiger partial charge in [-0.3, -0.25) is 0 Å². The Bertz CT molecular complexity index is 579. The van der Waals surface area contributed by atoms with Gasteiger partial charge in [0.15, 0.2) is 0 Å². The number of methoxy groups -OCH3 is 1. The van der Waals surface area contributed by atoms with Crippen LogP contribution in [0.1, 0.15) is 25.3 Å². The number of nitrogens with two attached hydrogens (primary N) is 1. The number of pyridine rings is 1. The second kappa shape index (κ2) is 5.26. The number of halogens is 1. The third-order valence-electron chi connectivity index (χ3n) is 3.06. The van der Waals surface area contributed by atoms with E-state index >= 15 is 0 Å². The Morgan fingerprint density at radius 1 is 1.26 bits per heavy atom. The number of hydrogen-bond donors (Lipinski definition) is 1. The van der Waals surface area contributed by atoms with E-state index in [-0.39, 0.29) is 11.7 Å². The van der Waals surface area contributed by atoms with Gasteiger partial charge < -0.3 is 10.5 Å². The van der Waals surface area contributed by atoms with Gasteiger partial charge in [-0.1, -0.05) is 13.8 Å². The molecule has 0 aliphatic heterocycles. The smallest absolute Gasteiger partial charge is 0.212 e. The fraction of sp³-hybridized carbons (Fsp3) is 0.267. The van der Waals surface area contributed by atoms with E-state index in [1.165, 1.54) is 12.1 Å². The molecule has 1 heterocycles. The number of anilines is 1. The molecule has 0 unspecified atom stereocenters. The summed E-state index contributed by atoms with van der Waals surface area (Å²) in [6, 6.07) is 6.47. The van der Waals surface area contributed by atoms with Gasteiger partial charge in [0, 0.05) is 29.1 Å². The maximum Gasteiger partial charge on any atom is 0.212 e. The third-order valence-corrected chi connectivity index (χ3v) is 3.06. The minimum absolute atomic E-state index is 0.167. The predicted octanol–water partition coefficient (Wildman–Crippen LogP) is 3.60. The van der Waals surface area contributed by atoms with Crippen LogP contribution >= 0.6 is 0 Å². The lowest BCUT2D eigenvalue weighted by Gasteiger charge is -2.14. The lowest BCUT2D eigenvalue weighted by atomic mass is 9.95. The van der Waals surface area contributed by atoms with E-state index in [4.69, 9.17) is 10.5 Å². The van der Waals surface area contributed by atoms with E-state index in [2.05, 4.69) is 4.98 Å². The minimum atomic E-state index is -0.288. The summed E-state index contributed by atoms with van der Waals surface area (Å²) < 4.78 is 18.7. The molecule has 2 aromatic rings. The van der Waals surface area contributed by atoms with Crippen molar-refractivity contribution >= 4 is 5.69 Å². The van der Waals surface area contributed by atoms with Gasteiger partial charge in [0.05, 0.1) is 7.11 Å². The first kappa shape index (κ1) is 13.3. The summed E-state index contributed by atoms with van der Waals surface area (Å²) in [4.78, 5) is 4.12. The Morgan fingerprint density at radius 3 is 2.53 bits per heavy atom. The van der Waals surface area contributed by atoms with E-state index in [0.29, 0.717) is 17.1 Å². The van der Waals surface area contributed by atoms with Crippen LogP contribution in [0, 0.1) is 5.82 Å². The number of nitrogen functional groups attached to an aromatic ring is 1. The van der Waals surface area contributed by atoms with Gasteiger partial charge in [-0.2, -0.15) is 0 Å². The molecule has 2 N–H and O–H groups in total. The van der Waals surface area contributed by atoms with Crippen molar-refractivity contribution in [2.24, 2.45) is 0 Å². The summed E-state index contributed by atoms with van der Waals surface area (Å²) in [6.45, 7) is 3.97. The van der Waals surface area contributed by atoms with Gasteiger partial charge in [0.25, 0.3) is 0 Å². The number of benzene rings is 1. The average Bonchev–Trinajstić information content (AvgIpc) is 2.41. The van der Waals surface area contributed by atoms with Crippen LogP contribution in [0.5, 0.6) is 5.88 Å². The van der Waals surface area contributed by atoms with E-state index < -0.39 is 0 Å². The Balaban J connectivity index is 2.54. The molecular weight excluding hydrogens is 243 g/mol. The molecule has 0 atom stereocenters. The quantitative estimate of drug-likeness (QED) is 0.858. The summed E-state index contributed by atoms with van der Waals surface area (Å²) >= 11 is 0. The number of hydrogen-bond acceptors (Lipinski definition) is 3. The highest BCUT2D eigenvalue weighted by molar-refractivity contribution is 5.78. The minimum Gasteiger partial charge on any atom is -0.481 e. The van der Waals surface area contributed by atoms with E-state index in [1.807, 2.05) is 19.9 Å². The predicted molar refractivity (Wildman–Crippen MR) is 74.7 cm³/mol. The first-order valence-corrected chi connectivity index (χ1v) is 6.12. The van der Waals surface area contributed by atoms with Gasteiger partial charge in [0.1, 0.15) is 5.82 Å². The van der Waals surface area contributed by atoms with Crippen molar-refractivity contribution in [2.45, 2.75) is 19.8 Å². The number of nitrogens with zero attached hydrogens (tertiary/aromatic N) is 1. The van der Waals surface area contributed by atoms with Crippen molar-refractivity contribution in [1.29, 1.82) is 0 Å². The molecule has 0 aliphatic rings. The lowest BCUT2D eigenvalue weighted by Crippen LogP contribution is -2.01. The number of aromatic nitrogens is 1. The maximum absolute atomic E-state index is 13.7. The zero-order valence-corrected chi connectivity index (χ0v) is 11.3. The van der Waals surface area contributed by atoms with Crippen LogP contribution in [-0.2, 0) is 0 Å². The second-order valence-corrected chi connectivity index (χ2v) is 4.70. The standard InChI is InChI=1S/C15H17FN2O/c1-9(2)12-6-11(16)7-13(15(12)17)10-4-5-14(19-3)18-8-10/h4-9H,17H2,1-3H3. The molecule has 0 radical (unpaired) electrons. The first-order chi connectivity index (χ1) is 9.02. The molecule has 1 aromatic carbocycles. The molecule has 0 saturated carbocycles. The lowest BCUT2D eigenvalue weighted by molar-refractivity contribution is 0.398. The summed E-state index contributed by atoms with van der Waals surface area (Å²) in [5.74, 6) is 0.396. The van der Waals surface area contributed by atoms with Crippen LogP contribution in [0.2, 0.25) is 0 Å². The van der Waals surface area contributed by atoms with Crippen LogP contribution < -0.4 is 10.5 Å². The molecule has 2 rings (SSSR count). The van der Waals surface area contributed by atoms with Crippen LogP contribution in [0.3, 0.4) is 0 Å². The van der Waals surface area contributed by atoms with Crippen molar-refractivity contribution in [3.05, 3.63) is 41.8 Å². The molecule has 4 heteroatoms. The van der Waals surface area contributed by atoms with Crippen LogP contribution in [-0.4, -0.2) is 12.1 Å². The van der Waals surface area contributed by atoms with Crippen LogP contribution in [0.4, 0.5) is 10.1 Å². The molecule has 0 amide bonds. The monoisotopic (exact) mass is 260 g/mol. The largest absolute Gasteiger partial charge is 0.481 e. The Hall–Kier alpha value is -2.10. The Kier molecular flexibility index (Phi) is 3.69. The van der Waals surface area contributed by atoms with Crippen molar-refractivity contribution in [3.8, 4) is 17.0 Å². The van der Waals surface area contributed by atoms with Crippen molar-refractivity contribution in [2.75, 3.05) is 12.8 Å². The average molecular weight is 260 g/mol. The summed E-state index contributed by atoms with van der Waals surface area (Å²) in [5.41, 5.74) is 8.98. The zero-order valence-electron chi connectivity index (χ0n) is 11.3. The first-order valence-electron chi connectivity index (χ1n) is 6.12. The van der Waals surface area contributed by atoms with Crippen molar-refractivity contribution in [3.63, 3.8) is 0 Å². The number of rotatable bonds is 3. The molecule has 0 fully saturated rings. The SMILES string of the molecule is COc1ccc(-c2cc(F)cc(C(C)C)c2N)cn1. The van der Waals surface area contributed by atoms with E-state index in [0.717, 1.165) is 11.1 Å². The Labute approximate surface area is 112 Å². The fourth-order valence-electron chi connectivity index (χ4n) is 2.02. The normalized spacial score (nSPS) is 10.8. The van der Waals surface area contributed by atoms with Crippen molar-refractivity contribution < 1.29 is 9.13 Å². The highest BCUT2D eigenvalue weighted by Crippen LogP contribution is 2.33.